The first-order valence-corrected chi connectivity index (χ1v) is 12.9. The number of hydrogen-bond acceptors (Lipinski definition) is 5. The van der Waals surface area contributed by atoms with Gasteiger partial charge < -0.3 is 17.0 Å². The van der Waals surface area contributed by atoms with Crippen molar-refractivity contribution in [3.63, 3.8) is 0 Å². The van der Waals surface area contributed by atoms with Gasteiger partial charge in [-0.2, -0.15) is 0 Å². The van der Waals surface area contributed by atoms with Crippen LogP contribution >= 0.6 is 11.6 Å². The molecule has 1 aliphatic rings. The fourth-order valence-electron chi connectivity index (χ4n) is 3.95. The number of hydrogen-bond donors (Lipinski definition) is 3. The molecule has 10 heteroatoms. The third kappa shape index (κ3) is 6.32. The molecule has 0 saturated carbocycles. The van der Waals surface area contributed by atoms with Crippen molar-refractivity contribution >= 4 is 44.7 Å². The number of nitrogens with zero attached hydrogens (tertiary/aromatic N) is 1. The summed E-state index contributed by atoms with van der Waals surface area (Å²) in [6, 6.07) is 19.5. The number of para-hydroxylation sites is 1. The summed E-state index contributed by atoms with van der Waals surface area (Å²) in [7, 11) is -3.91. The zero-order chi connectivity index (χ0) is 24.3. The standard InChI is InChI=1S/C25H27ClN4O3S.Na.H/c1-3-23-28-22-6-4-5-21(26)24(22)30(23)19-11-9-18(10-12-19)15-16-27-25(31)29-34(32,33)20-13-7-17(2)8-14-20;;/h4-14,23,28H,3,15-16H2,1-2H3,(H2,27,29,31);;/q;+1;-1. The third-order valence-electron chi connectivity index (χ3n) is 5.72. The Morgan fingerprint density at radius 2 is 1.77 bits per heavy atom. The van der Waals surface area contributed by atoms with Crippen molar-refractivity contribution in [1.29, 1.82) is 0 Å². The van der Waals surface area contributed by atoms with E-state index >= 15 is 0 Å². The third-order valence-corrected chi connectivity index (χ3v) is 7.37. The van der Waals surface area contributed by atoms with E-state index in [1.807, 2.05) is 54.1 Å². The molecule has 0 spiro atoms. The molecule has 1 heterocycles. The predicted molar refractivity (Wildman–Crippen MR) is 137 cm³/mol. The van der Waals surface area contributed by atoms with Crippen LogP contribution in [0, 0.1) is 6.92 Å². The molecular formula is C25H28ClN4NaO3S. The van der Waals surface area contributed by atoms with E-state index in [-0.39, 0.29) is 42.0 Å². The Labute approximate surface area is 235 Å². The van der Waals surface area contributed by atoms with Crippen molar-refractivity contribution in [3.8, 4) is 0 Å². The molecule has 1 unspecified atom stereocenters. The fourth-order valence-corrected chi connectivity index (χ4v) is 5.14. The fraction of sp³-hybridized carbons (Fsp3) is 0.240. The van der Waals surface area contributed by atoms with Crippen LogP contribution in [0.1, 0.15) is 25.9 Å². The molecule has 3 aromatic rings. The van der Waals surface area contributed by atoms with Gasteiger partial charge in [0, 0.05) is 12.2 Å². The second kappa shape index (κ2) is 11.7. The molecule has 1 aliphatic heterocycles. The zero-order valence-electron chi connectivity index (χ0n) is 21.0. The van der Waals surface area contributed by atoms with Crippen LogP contribution in [0.5, 0.6) is 0 Å². The maximum absolute atomic E-state index is 12.3. The summed E-state index contributed by atoms with van der Waals surface area (Å²) in [5.41, 5.74) is 4.96. The Kier molecular flexibility index (Phi) is 9.12. The minimum absolute atomic E-state index is 0. The average molecular weight is 523 g/mol. The first-order chi connectivity index (χ1) is 16.3. The normalized spacial score (nSPS) is 14.5. The van der Waals surface area contributed by atoms with Crippen molar-refractivity contribution < 1.29 is 44.2 Å². The van der Waals surface area contributed by atoms with E-state index in [1.54, 1.807) is 12.1 Å². The summed E-state index contributed by atoms with van der Waals surface area (Å²) in [5, 5.41) is 6.81. The molecule has 1 atom stereocenters. The van der Waals surface area contributed by atoms with E-state index in [2.05, 4.69) is 22.5 Å². The zero-order valence-corrected chi connectivity index (χ0v) is 23.6. The first-order valence-electron chi connectivity index (χ1n) is 11.1. The second-order valence-corrected chi connectivity index (χ2v) is 10.3. The monoisotopic (exact) mass is 522 g/mol. The van der Waals surface area contributed by atoms with E-state index in [1.165, 1.54) is 12.1 Å². The topological polar surface area (TPSA) is 90.5 Å². The van der Waals surface area contributed by atoms with Gasteiger partial charge in [-0.25, -0.2) is 17.9 Å². The van der Waals surface area contributed by atoms with Gasteiger partial charge >= 0.3 is 35.6 Å². The Balaban J connectivity index is 0.00000228. The Morgan fingerprint density at radius 3 is 2.43 bits per heavy atom. The number of carbonyl (C=O) groups excluding carboxylic acids is 1. The van der Waals surface area contributed by atoms with Gasteiger partial charge in [0.2, 0.25) is 0 Å². The SMILES string of the molecule is CCC1Nc2cccc(Cl)c2N1c1ccc(CCNC(=O)NS(=O)(=O)c2ccc(C)cc2)cc1.[H-].[Na+]. The molecule has 0 aliphatic carbocycles. The van der Waals surface area contributed by atoms with Gasteiger partial charge in [0.25, 0.3) is 10.0 Å². The number of fused-ring (bicyclic) bond motifs is 1. The van der Waals surface area contributed by atoms with Crippen LogP contribution in [0.3, 0.4) is 0 Å². The molecule has 0 saturated heterocycles. The summed E-state index contributed by atoms with van der Waals surface area (Å²) in [6.07, 6.45) is 1.57. The number of halogens is 1. The maximum Gasteiger partial charge on any atom is 1.00 e. The second-order valence-electron chi connectivity index (χ2n) is 8.17. The quantitative estimate of drug-likeness (QED) is 0.414. The molecule has 0 radical (unpaired) electrons. The number of benzene rings is 3. The maximum atomic E-state index is 12.3. The number of aryl methyl sites for hydroxylation is 1. The van der Waals surface area contributed by atoms with Crippen molar-refractivity contribution in [2.45, 2.75) is 37.8 Å². The van der Waals surface area contributed by atoms with Crippen LogP contribution in [0.15, 0.2) is 71.6 Å². The molecule has 4 rings (SSSR count). The van der Waals surface area contributed by atoms with Gasteiger partial charge in [-0.3, -0.25) is 0 Å². The summed E-state index contributed by atoms with van der Waals surface area (Å²) < 4.78 is 26.7. The van der Waals surface area contributed by atoms with Crippen LogP contribution in [-0.4, -0.2) is 27.2 Å². The predicted octanol–water partition coefficient (Wildman–Crippen LogP) is 2.30. The molecule has 7 nitrogen and oxygen atoms in total. The number of anilines is 3. The number of carbonyl (C=O) groups is 1. The summed E-state index contributed by atoms with van der Waals surface area (Å²) in [5.74, 6) is 0. The van der Waals surface area contributed by atoms with Crippen LogP contribution in [0.25, 0.3) is 0 Å². The minimum atomic E-state index is -3.91. The average Bonchev–Trinajstić information content (AvgIpc) is 3.19. The summed E-state index contributed by atoms with van der Waals surface area (Å²) >= 11 is 6.49. The van der Waals surface area contributed by atoms with E-state index in [0.717, 1.165) is 34.6 Å². The molecule has 0 fully saturated rings. The molecule has 0 aromatic heterocycles. The van der Waals surface area contributed by atoms with E-state index in [9.17, 15) is 13.2 Å². The molecular weight excluding hydrogens is 495 g/mol. The van der Waals surface area contributed by atoms with Crippen LogP contribution in [-0.2, 0) is 16.4 Å². The van der Waals surface area contributed by atoms with Gasteiger partial charge in [-0.05, 0) is 61.7 Å². The number of nitrogens with one attached hydrogen (secondary N) is 3. The van der Waals surface area contributed by atoms with Gasteiger partial charge in [-0.15, -0.1) is 0 Å². The van der Waals surface area contributed by atoms with Crippen molar-refractivity contribution in [3.05, 3.63) is 82.9 Å². The Hall–Kier alpha value is -2.23. The van der Waals surface area contributed by atoms with Crippen molar-refractivity contribution in [2.75, 3.05) is 16.8 Å². The summed E-state index contributed by atoms with van der Waals surface area (Å²) in [4.78, 5) is 14.4. The van der Waals surface area contributed by atoms with E-state index in [4.69, 9.17) is 11.6 Å². The Morgan fingerprint density at radius 1 is 1.09 bits per heavy atom. The van der Waals surface area contributed by atoms with Gasteiger partial charge in [0.1, 0.15) is 6.17 Å². The molecule has 3 N–H and O–H groups in total. The molecule has 35 heavy (non-hydrogen) atoms. The van der Waals surface area contributed by atoms with Crippen molar-refractivity contribution in [1.82, 2.24) is 10.0 Å². The van der Waals surface area contributed by atoms with E-state index < -0.39 is 16.1 Å². The molecule has 0 bridgehead atoms. The van der Waals surface area contributed by atoms with Crippen LogP contribution in [0.4, 0.5) is 21.9 Å². The minimum Gasteiger partial charge on any atom is -1.00 e. The number of amides is 2. The van der Waals surface area contributed by atoms with Crippen molar-refractivity contribution in [2.24, 2.45) is 0 Å². The molecule has 2 amide bonds. The van der Waals surface area contributed by atoms with Gasteiger partial charge in [0.05, 0.1) is 21.3 Å². The Bertz CT molecular complexity index is 1290. The van der Waals surface area contributed by atoms with Gasteiger partial charge in [-0.1, -0.05) is 54.4 Å². The van der Waals surface area contributed by atoms with Crippen LogP contribution in [0.2, 0.25) is 5.02 Å². The van der Waals surface area contributed by atoms with E-state index in [0.29, 0.717) is 18.0 Å². The molecule has 180 valence electrons. The molecule has 3 aromatic carbocycles. The van der Waals surface area contributed by atoms with Gasteiger partial charge in [0.15, 0.2) is 0 Å². The number of urea groups is 1. The van der Waals surface area contributed by atoms with Crippen LogP contribution < -0.4 is 49.8 Å². The summed E-state index contributed by atoms with van der Waals surface area (Å²) in [6.45, 7) is 4.28. The first kappa shape index (κ1) is 27.4. The number of rotatable bonds is 7. The smallest absolute Gasteiger partial charge is 1.00 e. The largest absolute Gasteiger partial charge is 1.00 e. The number of sulfonamides is 1.